The summed E-state index contributed by atoms with van der Waals surface area (Å²) in [6.07, 6.45) is -0.820. The highest BCUT2D eigenvalue weighted by molar-refractivity contribution is 7.92. The Morgan fingerprint density at radius 3 is 2.41 bits per heavy atom. The maximum atomic E-state index is 13.4. The molecule has 184 valence electrons. The molecule has 2 saturated heterocycles. The van der Waals surface area contributed by atoms with Crippen LogP contribution in [0.2, 0.25) is 5.02 Å². The van der Waals surface area contributed by atoms with Crippen LogP contribution in [-0.4, -0.2) is 73.2 Å². The molecule has 1 aromatic rings. The van der Waals surface area contributed by atoms with E-state index in [-0.39, 0.29) is 55.2 Å². The predicted octanol–water partition coefficient (Wildman–Crippen LogP) is 1.64. The molecule has 9 nitrogen and oxygen atoms in total. The number of carboxylic acid groups (broad SMARTS) is 1. The number of anilines is 1. The van der Waals surface area contributed by atoms with Gasteiger partial charge in [-0.2, -0.15) is 5.26 Å². The molecular formula is C21H23ClF2N4O5S. The number of likely N-dealkylation sites (tertiary alicyclic amines) is 1. The van der Waals surface area contributed by atoms with Crippen molar-refractivity contribution in [3.63, 3.8) is 0 Å². The fraction of sp³-hybridized carbons (Fsp3) is 0.571. The summed E-state index contributed by atoms with van der Waals surface area (Å²) >= 11 is 6.30. The summed E-state index contributed by atoms with van der Waals surface area (Å²) in [5.41, 5.74) is 4.32. The Labute approximate surface area is 200 Å². The Morgan fingerprint density at radius 1 is 1.26 bits per heavy atom. The minimum atomic E-state index is -4.08. The molecule has 34 heavy (non-hydrogen) atoms. The molecule has 1 saturated carbocycles. The van der Waals surface area contributed by atoms with Crippen molar-refractivity contribution in [2.75, 3.05) is 24.5 Å². The zero-order valence-electron chi connectivity index (χ0n) is 18.0. The minimum absolute atomic E-state index is 0.0414. The number of primary amides is 1. The van der Waals surface area contributed by atoms with Crippen molar-refractivity contribution in [3.05, 3.63) is 23.2 Å². The first-order chi connectivity index (χ1) is 15.8. The van der Waals surface area contributed by atoms with E-state index in [1.165, 1.54) is 23.1 Å². The second-order valence-corrected chi connectivity index (χ2v) is 11.7. The predicted molar refractivity (Wildman–Crippen MR) is 117 cm³/mol. The second-order valence-electron chi connectivity index (χ2n) is 9.08. The summed E-state index contributed by atoms with van der Waals surface area (Å²) in [5, 5.41) is 17.8. The summed E-state index contributed by atoms with van der Waals surface area (Å²) in [7, 11) is -4.08. The molecule has 4 atom stereocenters. The van der Waals surface area contributed by atoms with E-state index in [2.05, 4.69) is 0 Å². The Kier molecular flexibility index (Phi) is 6.03. The van der Waals surface area contributed by atoms with Crippen LogP contribution in [0.3, 0.4) is 0 Å². The van der Waals surface area contributed by atoms with E-state index in [0.717, 1.165) is 0 Å². The number of nitrogens with zero attached hydrogens (tertiary/aromatic N) is 3. The first-order valence-electron chi connectivity index (χ1n) is 10.7. The van der Waals surface area contributed by atoms with Crippen LogP contribution in [0.1, 0.15) is 25.7 Å². The maximum absolute atomic E-state index is 13.4. The number of carboxylic acids is 1. The minimum Gasteiger partial charge on any atom is -0.480 e. The molecule has 2 heterocycles. The molecule has 0 radical (unpaired) electrons. The number of rotatable bonds is 6. The Balaban J connectivity index is 1.56. The molecule has 1 aromatic carbocycles. The average molecular weight is 517 g/mol. The summed E-state index contributed by atoms with van der Waals surface area (Å²) in [5.74, 6) is -4.86. The first-order valence-corrected chi connectivity index (χ1v) is 12.6. The monoisotopic (exact) mass is 516 g/mol. The van der Waals surface area contributed by atoms with Gasteiger partial charge in [0, 0.05) is 44.2 Å². The van der Waals surface area contributed by atoms with Crippen LogP contribution < -0.4 is 10.6 Å². The van der Waals surface area contributed by atoms with Crippen molar-refractivity contribution < 1.29 is 31.9 Å². The molecule has 1 amide bonds. The number of piperidine rings is 1. The van der Waals surface area contributed by atoms with Crippen LogP contribution >= 0.6 is 11.6 Å². The molecule has 3 aliphatic rings. The molecule has 3 fully saturated rings. The fourth-order valence-electron chi connectivity index (χ4n) is 4.91. The van der Waals surface area contributed by atoms with Gasteiger partial charge < -0.3 is 15.7 Å². The van der Waals surface area contributed by atoms with Crippen LogP contribution in [0.4, 0.5) is 14.5 Å². The van der Waals surface area contributed by atoms with Crippen molar-refractivity contribution in [1.29, 1.82) is 5.26 Å². The molecule has 13 heteroatoms. The molecule has 0 spiro atoms. The van der Waals surface area contributed by atoms with E-state index >= 15 is 0 Å². The molecule has 1 aliphatic carbocycles. The lowest BCUT2D eigenvalue weighted by atomic mass is 10.1. The van der Waals surface area contributed by atoms with Gasteiger partial charge in [-0.25, -0.2) is 17.2 Å². The van der Waals surface area contributed by atoms with Gasteiger partial charge in [0.1, 0.15) is 6.04 Å². The summed E-state index contributed by atoms with van der Waals surface area (Å²) in [6, 6.07) is 4.08. The molecule has 3 N–H and O–H groups in total. The Hall–Kier alpha value is -2.49. The number of alkyl halides is 2. The zero-order chi connectivity index (χ0) is 25.1. The van der Waals surface area contributed by atoms with Gasteiger partial charge in [-0.05, 0) is 31.0 Å². The zero-order valence-corrected chi connectivity index (χ0v) is 19.5. The van der Waals surface area contributed by atoms with Crippen molar-refractivity contribution in [2.24, 2.45) is 11.1 Å². The van der Waals surface area contributed by atoms with Crippen molar-refractivity contribution >= 4 is 39.0 Å². The lowest BCUT2D eigenvalue weighted by molar-refractivity contribution is -0.142. The number of hydrogen-bond acceptors (Lipinski definition) is 7. The third-order valence-corrected chi connectivity index (χ3v) is 9.68. The summed E-state index contributed by atoms with van der Waals surface area (Å²) in [6.45, 7) is 0.0182. The van der Waals surface area contributed by atoms with E-state index < -0.39 is 50.4 Å². The van der Waals surface area contributed by atoms with Crippen LogP contribution in [0.5, 0.6) is 0 Å². The Bertz CT molecular complexity index is 1180. The van der Waals surface area contributed by atoms with E-state index in [0.29, 0.717) is 5.69 Å². The number of aliphatic carboxylic acids is 1. The lowest BCUT2D eigenvalue weighted by Crippen LogP contribution is -2.42. The largest absolute Gasteiger partial charge is 0.480 e. The van der Waals surface area contributed by atoms with Crippen LogP contribution in [0.15, 0.2) is 23.1 Å². The molecular weight excluding hydrogens is 494 g/mol. The first kappa shape index (κ1) is 24.6. The van der Waals surface area contributed by atoms with Gasteiger partial charge in [0.25, 0.3) is 5.92 Å². The number of carbonyl (C=O) groups is 2. The molecule has 4 rings (SSSR count). The second kappa shape index (κ2) is 8.32. The number of sulfone groups is 1. The lowest BCUT2D eigenvalue weighted by Gasteiger charge is -2.33. The van der Waals surface area contributed by atoms with Gasteiger partial charge in [-0.15, -0.1) is 0 Å². The van der Waals surface area contributed by atoms with Crippen LogP contribution in [-0.2, 0) is 19.4 Å². The van der Waals surface area contributed by atoms with Gasteiger partial charge in [-0.1, -0.05) is 11.6 Å². The van der Waals surface area contributed by atoms with Crippen LogP contribution in [0, 0.1) is 16.7 Å². The number of nitrogens with two attached hydrogens (primary N) is 1. The highest BCUT2D eigenvalue weighted by Crippen LogP contribution is 2.51. The topological polar surface area (TPSA) is 145 Å². The highest BCUT2D eigenvalue weighted by Gasteiger charge is 2.66. The van der Waals surface area contributed by atoms with Gasteiger partial charge in [-0.3, -0.25) is 14.5 Å². The molecule has 2 unspecified atom stereocenters. The smallest absolute Gasteiger partial charge is 0.320 e. The van der Waals surface area contributed by atoms with Crippen molar-refractivity contribution in [2.45, 2.75) is 53.8 Å². The van der Waals surface area contributed by atoms with Crippen LogP contribution in [0.25, 0.3) is 0 Å². The van der Waals surface area contributed by atoms with Gasteiger partial charge in [0.15, 0.2) is 15.3 Å². The number of halogens is 3. The fourth-order valence-corrected chi connectivity index (χ4v) is 7.16. The third kappa shape index (κ3) is 4.10. The SMILES string of the molecule is N#CC1(C(N)=O)CC1N1C[C@H](S(=O)(=O)c2ccc(N3CCC(F)(F)CC3)cc2Cl)C[C@H]1C(=O)O. The summed E-state index contributed by atoms with van der Waals surface area (Å²) < 4.78 is 53.6. The van der Waals surface area contributed by atoms with Gasteiger partial charge in [0.2, 0.25) is 5.91 Å². The number of nitriles is 1. The van der Waals surface area contributed by atoms with Gasteiger partial charge in [0.05, 0.1) is 21.2 Å². The van der Waals surface area contributed by atoms with Crippen molar-refractivity contribution in [1.82, 2.24) is 4.90 Å². The summed E-state index contributed by atoms with van der Waals surface area (Å²) in [4.78, 5) is 26.5. The number of hydrogen-bond donors (Lipinski definition) is 2. The Morgan fingerprint density at radius 2 is 1.91 bits per heavy atom. The quantitative estimate of drug-likeness (QED) is 0.580. The third-order valence-electron chi connectivity index (χ3n) is 7.07. The number of amides is 1. The normalized spacial score (nSPS) is 31.1. The van der Waals surface area contributed by atoms with E-state index in [1.807, 2.05) is 6.07 Å². The molecule has 2 aliphatic heterocycles. The van der Waals surface area contributed by atoms with E-state index in [1.54, 1.807) is 4.90 Å². The van der Waals surface area contributed by atoms with Gasteiger partial charge >= 0.3 is 5.97 Å². The highest BCUT2D eigenvalue weighted by atomic mass is 35.5. The maximum Gasteiger partial charge on any atom is 0.320 e. The molecule has 0 bridgehead atoms. The van der Waals surface area contributed by atoms with E-state index in [9.17, 15) is 37.2 Å². The van der Waals surface area contributed by atoms with E-state index in [4.69, 9.17) is 17.3 Å². The number of benzene rings is 1. The van der Waals surface area contributed by atoms with Crippen molar-refractivity contribution in [3.8, 4) is 6.07 Å². The standard InChI is InChI=1S/C21H23ClF2N4O5S/c22-14-7-12(27-5-3-21(23,24)4-6-27)1-2-16(14)34(32,33)13-8-15(18(29)30)28(10-13)17-9-20(17,11-25)19(26)31/h1-2,7,13,15,17H,3-6,8-10H2,(H2,26,31)(H,29,30)/t13-,15+,17?,20?/m1/s1. The molecule has 0 aromatic heterocycles. The average Bonchev–Trinajstić information content (AvgIpc) is 3.34. The number of carbonyl (C=O) groups excluding carboxylic acids is 1.